The lowest BCUT2D eigenvalue weighted by Crippen LogP contribution is -2.39. The first-order chi connectivity index (χ1) is 10.8. The number of aromatic nitrogens is 2. The minimum Gasteiger partial charge on any atom is -0.354 e. The number of amides is 1. The standard InChI is InChI=1S/C17H26N4O/c1-18-17(22)16-9-11-21(19-16)15-8-5-10-20(13-15)12-14-6-3-2-4-7-14/h2-3,9,11,14-15H,4-8,10,12-13H2,1H3,(H,18,22)/t14-,15+/m1/s1. The van der Waals surface area contributed by atoms with Crippen molar-refractivity contribution >= 4 is 5.91 Å². The summed E-state index contributed by atoms with van der Waals surface area (Å²) >= 11 is 0. The van der Waals surface area contributed by atoms with Crippen molar-refractivity contribution in [3.05, 3.63) is 30.1 Å². The van der Waals surface area contributed by atoms with Crippen LogP contribution in [0.5, 0.6) is 0 Å². The summed E-state index contributed by atoms with van der Waals surface area (Å²) in [4.78, 5) is 14.2. The van der Waals surface area contributed by atoms with Gasteiger partial charge in [-0.25, -0.2) is 0 Å². The molecule has 1 fully saturated rings. The highest BCUT2D eigenvalue weighted by atomic mass is 16.1. The highest BCUT2D eigenvalue weighted by molar-refractivity contribution is 5.91. The van der Waals surface area contributed by atoms with Gasteiger partial charge in [-0.2, -0.15) is 5.10 Å². The minimum atomic E-state index is -0.111. The summed E-state index contributed by atoms with van der Waals surface area (Å²) in [6.07, 6.45) is 12.7. The van der Waals surface area contributed by atoms with Crippen LogP contribution in [0.3, 0.4) is 0 Å². The van der Waals surface area contributed by atoms with Gasteiger partial charge < -0.3 is 10.2 Å². The average Bonchev–Trinajstić information content (AvgIpc) is 3.05. The van der Waals surface area contributed by atoms with Crippen molar-refractivity contribution in [2.45, 2.75) is 38.1 Å². The first-order valence-electron chi connectivity index (χ1n) is 8.41. The van der Waals surface area contributed by atoms with Crippen molar-refractivity contribution in [1.29, 1.82) is 0 Å². The highest BCUT2D eigenvalue weighted by Crippen LogP contribution is 2.25. The zero-order chi connectivity index (χ0) is 15.4. The zero-order valence-electron chi connectivity index (χ0n) is 13.4. The first kappa shape index (κ1) is 15.3. The van der Waals surface area contributed by atoms with Crippen LogP contribution in [-0.4, -0.2) is 47.3 Å². The molecule has 1 amide bonds. The molecule has 2 heterocycles. The molecule has 2 aliphatic rings. The Hall–Kier alpha value is -1.62. The van der Waals surface area contributed by atoms with Gasteiger partial charge in [0.05, 0.1) is 6.04 Å². The molecule has 0 radical (unpaired) electrons. The van der Waals surface area contributed by atoms with Gasteiger partial charge in [0, 0.05) is 26.3 Å². The van der Waals surface area contributed by atoms with Crippen LogP contribution in [0, 0.1) is 5.92 Å². The van der Waals surface area contributed by atoms with Gasteiger partial charge in [0.25, 0.3) is 5.91 Å². The van der Waals surface area contributed by atoms with E-state index >= 15 is 0 Å². The molecular formula is C17H26N4O. The number of nitrogens with one attached hydrogen (secondary N) is 1. The van der Waals surface area contributed by atoms with E-state index < -0.39 is 0 Å². The summed E-state index contributed by atoms with van der Waals surface area (Å²) in [6, 6.07) is 2.20. The number of hydrogen-bond donors (Lipinski definition) is 1. The van der Waals surface area contributed by atoms with Crippen LogP contribution in [0.25, 0.3) is 0 Å². The van der Waals surface area contributed by atoms with E-state index in [2.05, 4.69) is 27.5 Å². The number of allylic oxidation sites excluding steroid dienone is 2. The summed E-state index contributed by atoms with van der Waals surface area (Å²) in [6.45, 7) is 3.44. The molecule has 2 atom stereocenters. The number of carbonyl (C=O) groups excluding carboxylic acids is 1. The molecule has 0 unspecified atom stereocenters. The van der Waals surface area contributed by atoms with Crippen molar-refractivity contribution < 1.29 is 4.79 Å². The SMILES string of the molecule is CNC(=O)c1ccn([C@H]2CCCN(C[C@@H]3CC=CCC3)C2)n1. The third-order valence-electron chi connectivity index (χ3n) is 4.82. The topological polar surface area (TPSA) is 50.2 Å². The van der Waals surface area contributed by atoms with Crippen molar-refractivity contribution in [3.63, 3.8) is 0 Å². The molecule has 1 aliphatic carbocycles. The van der Waals surface area contributed by atoms with Gasteiger partial charge in [-0.15, -0.1) is 0 Å². The smallest absolute Gasteiger partial charge is 0.271 e. The summed E-state index contributed by atoms with van der Waals surface area (Å²) in [7, 11) is 1.64. The van der Waals surface area contributed by atoms with Gasteiger partial charge in [0.2, 0.25) is 0 Å². The van der Waals surface area contributed by atoms with E-state index in [1.165, 1.54) is 38.8 Å². The molecule has 1 aromatic heterocycles. The molecule has 0 saturated carbocycles. The molecule has 5 heteroatoms. The molecule has 0 aromatic carbocycles. The van der Waals surface area contributed by atoms with Crippen LogP contribution in [0.4, 0.5) is 0 Å². The summed E-state index contributed by atoms with van der Waals surface area (Å²) < 4.78 is 1.98. The third kappa shape index (κ3) is 3.58. The molecule has 3 rings (SSSR count). The van der Waals surface area contributed by atoms with E-state index in [4.69, 9.17) is 0 Å². The molecule has 5 nitrogen and oxygen atoms in total. The van der Waals surface area contributed by atoms with Crippen LogP contribution in [-0.2, 0) is 0 Å². The number of piperidine rings is 1. The van der Waals surface area contributed by atoms with E-state index in [9.17, 15) is 4.79 Å². The lowest BCUT2D eigenvalue weighted by Gasteiger charge is -2.35. The molecule has 120 valence electrons. The molecule has 1 aromatic rings. The minimum absolute atomic E-state index is 0.111. The second kappa shape index (κ2) is 7.09. The van der Waals surface area contributed by atoms with E-state index in [0.717, 1.165) is 18.9 Å². The van der Waals surface area contributed by atoms with Gasteiger partial charge in [0.1, 0.15) is 5.69 Å². The fourth-order valence-corrected chi connectivity index (χ4v) is 3.59. The maximum absolute atomic E-state index is 11.6. The Bertz CT molecular complexity index is 537. The van der Waals surface area contributed by atoms with Gasteiger partial charge in [-0.1, -0.05) is 12.2 Å². The fraction of sp³-hybridized carbons (Fsp3) is 0.647. The molecule has 0 spiro atoms. The molecule has 1 aliphatic heterocycles. The number of rotatable bonds is 4. The van der Waals surface area contributed by atoms with Crippen LogP contribution in [0.2, 0.25) is 0 Å². The Balaban J connectivity index is 1.59. The Morgan fingerprint density at radius 1 is 1.41 bits per heavy atom. The molecule has 0 bridgehead atoms. The van der Waals surface area contributed by atoms with E-state index in [1.54, 1.807) is 7.05 Å². The van der Waals surface area contributed by atoms with E-state index in [0.29, 0.717) is 11.7 Å². The van der Waals surface area contributed by atoms with Gasteiger partial charge >= 0.3 is 0 Å². The maximum Gasteiger partial charge on any atom is 0.271 e. The third-order valence-corrected chi connectivity index (χ3v) is 4.82. The largest absolute Gasteiger partial charge is 0.354 e. The Kier molecular flexibility index (Phi) is 4.93. The summed E-state index contributed by atoms with van der Waals surface area (Å²) in [5, 5.41) is 7.08. The van der Waals surface area contributed by atoms with Crippen LogP contribution in [0.1, 0.15) is 48.6 Å². The lowest BCUT2D eigenvalue weighted by molar-refractivity contribution is 0.0955. The monoisotopic (exact) mass is 302 g/mol. The van der Waals surface area contributed by atoms with Crippen LogP contribution in [0.15, 0.2) is 24.4 Å². The van der Waals surface area contributed by atoms with Crippen LogP contribution >= 0.6 is 0 Å². The Morgan fingerprint density at radius 3 is 3.09 bits per heavy atom. The zero-order valence-corrected chi connectivity index (χ0v) is 13.4. The normalized spacial score (nSPS) is 26.0. The lowest BCUT2D eigenvalue weighted by atomic mass is 9.93. The molecular weight excluding hydrogens is 276 g/mol. The average molecular weight is 302 g/mol. The number of likely N-dealkylation sites (tertiary alicyclic amines) is 1. The second-order valence-electron chi connectivity index (χ2n) is 6.47. The Labute approximate surface area is 132 Å². The molecule has 1 saturated heterocycles. The maximum atomic E-state index is 11.6. The van der Waals surface area contributed by atoms with E-state index in [-0.39, 0.29) is 5.91 Å². The van der Waals surface area contributed by atoms with Gasteiger partial charge in [-0.3, -0.25) is 9.48 Å². The van der Waals surface area contributed by atoms with Crippen molar-refractivity contribution in [2.24, 2.45) is 5.92 Å². The number of nitrogens with zero attached hydrogens (tertiary/aromatic N) is 3. The quantitative estimate of drug-likeness (QED) is 0.868. The molecule has 1 N–H and O–H groups in total. The predicted molar refractivity (Wildman–Crippen MR) is 86.8 cm³/mol. The first-order valence-corrected chi connectivity index (χ1v) is 8.41. The van der Waals surface area contributed by atoms with Crippen molar-refractivity contribution in [1.82, 2.24) is 20.0 Å². The van der Waals surface area contributed by atoms with Crippen molar-refractivity contribution in [3.8, 4) is 0 Å². The van der Waals surface area contributed by atoms with Crippen molar-refractivity contribution in [2.75, 3.05) is 26.7 Å². The summed E-state index contributed by atoms with van der Waals surface area (Å²) in [5.41, 5.74) is 0.511. The molecule has 22 heavy (non-hydrogen) atoms. The number of hydrogen-bond acceptors (Lipinski definition) is 3. The summed E-state index contributed by atoms with van der Waals surface area (Å²) in [5.74, 6) is 0.697. The fourth-order valence-electron chi connectivity index (χ4n) is 3.59. The van der Waals surface area contributed by atoms with Gasteiger partial charge in [-0.05, 0) is 50.6 Å². The van der Waals surface area contributed by atoms with Gasteiger partial charge in [0.15, 0.2) is 0 Å². The highest BCUT2D eigenvalue weighted by Gasteiger charge is 2.24. The number of carbonyl (C=O) groups is 1. The Morgan fingerprint density at radius 2 is 2.32 bits per heavy atom. The predicted octanol–water partition coefficient (Wildman–Crippen LogP) is 2.24. The van der Waals surface area contributed by atoms with E-state index in [1.807, 2.05) is 16.9 Å². The second-order valence-corrected chi connectivity index (χ2v) is 6.47. The van der Waals surface area contributed by atoms with Crippen LogP contribution < -0.4 is 5.32 Å².